The normalized spacial score (nSPS) is 15.1. The SMILES string of the molecule is CCCOc1cc(C)c(Cl)c(C)c1C(C)(O)C(F)(F)F. The van der Waals surface area contributed by atoms with Crippen LogP contribution in [0.1, 0.15) is 37.0 Å². The van der Waals surface area contributed by atoms with E-state index in [4.69, 9.17) is 16.3 Å². The molecule has 2 nitrogen and oxygen atoms in total. The number of rotatable bonds is 4. The summed E-state index contributed by atoms with van der Waals surface area (Å²) in [5, 5.41) is 10.1. The smallest absolute Gasteiger partial charge is 0.421 e. The number of aryl methyl sites for hydroxylation is 1. The van der Waals surface area contributed by atoms with Crippen molar-refractivity contribution in [1.29, 1.82) is 0 Å². The highest BCUT2D eigenvalue weighted by Gasteiger charge is 2.53. The summed E-state index contributed by atoms with van der Waals surface area (Å²) in [5.41, 5.74) is -2.55. The molecule has 0 heterocycles. The molecule has 0 spiro atoms. The van der Waals surface area contributed by atoms with Gasteiger partial charge in [0.05, 0.1) is 6.61 Å². The van der Waals surface area contributed by atoms with Crippen LogP contribution >= 0.6 is 11.6 Å². The quantitative estimate of drug-likeness (QED) is 0.886. The molecule has 0 fully saturated rings. The Hall–Kier alpha value is -0.940. The molecule has 0 aliphatic carbocycles. The summed E-state index contributed by atoms with van der Waals surface area (Å²) >= 11 is 6.01. The third kappa shape index (κ3) is 3.04. The predicted octanol–water partition coefficient (Wildman–Crippen LogP) is 4.52. The van der Waals surface area contributed by atoms with E-state index >= 15 is 0 Å². The van der Waals surface area contributed by atoms with Gasteiger partial charge in [0.15, 0.2) is 5.60 Å². The number of halogens is 4. The fourth-order valence-corrected chi connectivity index (χ4v) is 2.14. The molecule has 0 aromatic heterocycles. The lowest BCUT2D eigenvalue weighted by molar-refractivity contribution is -0.259. The molecule has 0 radical (unpaired) electrons. The van der Waals surface area contributed by atoms with Crippen LogP contribution in [0.4, 0.5) is 13.2 Å². The number of aliphatic hydroxyl groups is 1. The van der Waals surface area contributed by atoms with Crippen molar-refractivity contribution in [3.05, 3.63) is 27.8 Å². The molecule has 1 N–H and O–H groups in total. The van der Waals surface area contributed by atoms with Crippen LogP contribution in [0, 0.1) is 13.8 Å². The van der Waals surface area contributed by atoms with Gasteiger partial charge in [-0.25, -0.2) is 0 Å². The second-order valence-corrected chi connectivity index (χ2v) is 5.30. The van der Waals surface area contributed by atoms with E-state index in [1.165, 1.54) is 13.0 Å². The zero-order chi connectivity index (χ0) is 15.7. The van der Waals surface area contributed by atoms with Gasteiger partial charge in [0.25, 0.3) is 0 Å². The molecule has 6 heteroatoms. The topological polar surface area (TPSA) is 29.5 Å². The summed E-state index contributed by atoms with van der Waals surface area (Å²) in [7, 11) is 0. The molecular weight excluding hydrogens is 293 g/mol. The molecule has 0 bridgehead atoms. The Kier molecular flexibility index (Phi) is 4.98. The first-order chi connectivity index (χ1) is 9.04. The van der Waals surface area contributed by atoms with Crippen LogP contribution in [0.2, 0.25) is 5.02 Å². The Labute approximate surface area is 121 Å². The highest BCUT2D eigenvalue weighted by atomic mass is 35.5. The van der Waals surface area contributed by atoms with Crippen LogP contribution in [0.3, 0.4) is 0 Å². The average molecular weight is 311 g/mol. The van der Waals surface area contributed by atoms with E-state index in [0.717, 1.165) is 0 Å². The Morgan fingerprint density at radius 2 is 1.85 bits per heavy atom. The average Bonchev–Trinajstić information content (AvgIpc) is 2.31. The molecule has 0 aliphatic heterocycles. The third-order valence-electron chi connectivity index (χ3n) is 3.14. The first kappa shape index (κ1) is 17.1. The van der Waals surface area contributed by atoms with Crippen LogP contribution in [0.25, 0.3) is 0 Å². The largest absolute Gasteiger partial charge is 0.493 e. The fourth-order valence-electron chi connectivity index (χ4n) is 2.00. The van der Waals surface area contributed by atoms with E-state index in [2.05, 4.69) is 0 Å². The van der Waals surface area contributed by atoms with Crippen molar-refractivity contribution in [2.75, 3.05) is 6.61 Å². The summed E-state index contributed by atoms with van der Waals surface area (Å²) in [6.07, 6.45) is -4.17. The fraction of sp³-hybridized carbons (Fsp3) is 0.571. The maximum atomic E-state index is 13.1. The summed E-state index contributed by atoms with van der Waals surface area (Å²) in [6.45, 7) is 5.95. The van der Waals surface area contributed by atoms with Gasteiger partial charge in [0.1, 0.15) is 5.75 Å². The molecule has 1 atom stereocenters. The highest BCUT2D eigenvalue weighted by molar-refractivity contribution is 6.32. The lowest BCUT2D eigenvalue weighted by atomic mass is 9.89. The molecule has 1 rings (SSSR count). The van der Waals surface area contributed by atoms with Gasteiger partial charge in [0, 0.05) is 10.6 Å². The third-order valence-corrected chi connectivity index (χ3v) is 3.73. The van der Waals surface area contributed by atoms with Crippen molar-refractivity contribution in [3.63, 3.8) is 0 Å². The summed E-state index contributed by atoms with van der Waals surface area (Å²) in [4.78, 5) is 0. The molecule has 1 aromatic carbocycles. The lowest BCUT2D eigenvalue weighted by Gasteiger charge is -2.30. The molecule has 114 valence electrons. The van der Waals surface area contributed by atoms with Crippen LogP contribution in [-0.4, -0.2) is 17.9 Å². The monoisotopic (exact) mass is 310 g/mol. The predicted molar refractivity (Wildman–Crippen MR) is 72.3 cm³/mol. The molecule has 0 amide bonds. The standard InChI is InChI=1S/C14H18ClF3O2/c1-5-6-20-10-7-8(2)12(15)9(3)11(10)13(4,19)14(16,17)18/h7,19H,5-6H2,1-4H3. The van der Waals surface area contributed by atoms with E-state index < -0.39 is 11.8 Å². The first-order valence-electron chi connectivity index (χ1n) is 6.26. The van der Waals surface area contributed by atoms with Gasteiger partial charge in [-0.2, -0.15) is 13.2 Å². The van der Waals surface area contributed by atoms with Gasteiger partial charge < -0.3 is 9.84 Å². The van der Waals surface area contributed by atoms with Crippen LogP contribution < -0.4 is 4.74 Å². The van der Waals surface area contributed by atoms with Crippen molar-refractivity contribution in [1.82, 2.24) is 0 Å². The molecule has 0 saturated carbocycles. The van der Waals surface area contributed by atoms with E-state index in [-0.39, 0.29) is 28.5 Å². The van der Waals surface area contributed by atoms with E-state index in [1.807, 2.05) is 6.92 Å². The van der Waals surface area contributed by atoms with Crippen LogP contribution in [0.15, 0.2) is 6.07 Å². The second-order valence-electron chi connectivity index (χ2n) is 4.92. The van der Waals surface area contributed by atoms with E-state index in [0.29, 0.717) is 18.9 Å². The Morgan fingerprint density at radius 1 is 1.30 bits per heavy atom. The molecule has 0 aliphatic rings. The van der Waals surface area contributed by atoms with Crippen molar-refractivity contribution < 1.29 is 23.0 Å². The number of hydrogen-bond acceptors (Lipinski definition) is 2. The second kappa shape index (κ2) is 5.82. The van der Waals surface area contributed by atoms with Crippen molar-refractivity contribution in [3.8, 4) is 5.75 Å². The molecule has 1 unspecified atom stereocenters. The molecule has 20 heavy (non-hydrogen) atoms. The van der Waals surface area contributed by atoms with Crippen molar-refractivity contribution in [2.45, 2.75) is 45.9 Å². The number of benzene rings is 1. The Bertz CT molecular complexity index is 496. The van der Waals surface area contributed by atoms with Crippen molar-refractivity contribution >= 4 is 11.6 Å². The van der Waals surface area contributed by atoms with Gasteiger partial charge >= 0.3 is 6.18 Å². The minimum absolute atomic E-state index is 0.0218. The van der Waals surface area contributed by atoms with Gasteiger partial charge in [-0.05, 0) is 44.4 Å². The summed E-state index contributed by atoms with van der Waals surface area (Å²) < 4.78 is 44.6. The number of hydrogen-bond donors (Lipinski definition) is 1. The minimum atomic E-state index is -4.82. The zero-order valence-electron chi connectivity index (χ0n) is 11.9. The van der Waals surface area contributed by atoms with Gasteiger partial charge in [-0.3, -0.25) is 0 Å². The van der Waals surface area contributed by atoms with Gasteiger partial charge in [0.2, 0.25) is 0 Å². The van der Waals surface area contributed by atoms with Gasteiger partial charge in [-0.15, -0.1) is 0 Å². The molecule has 1 aromatic rings. The van der Waals surface area contributed by atoms with Crippen molar-refractivity contribution in [2.24, 2.45) is 0 Å². The zero-order valence-corrected chi connectivity index (χ0v) is 12.6. The highest BCUT2D eigenvalue weighted by Crippen LogP contribution is 2.46. The number of ether oxygens (including phenoxy) is 1. The van der Waals surface area contributed by atoms with E-state index in [9.17, 15) is 18.3 Å². The summed E-state index contributed by atoms with van der Waals surface area (Å²) in [5.74, 6) is 0.0218. The minimum Gasteiger partial charge on any atom is -0.493 e. The molecule has 0 saturated heterocycles. The lowest BCUT2D eigenvalue weighted by Crippen LogP contribution is -2.40. The maximum Gasteiger partial charge on any atom is 0.421 e. The Morgan fingerprint density at radius 3 is 2.30 bits per heavy atom. The van der Waals surface area contributed by atoms with Gasteiger partial charge in [-0.1, -0.05) is 18.5 Å². The molecular formula is C14H18ClF3O2. The maximum absolute atomic E-state index is 13.1. The Balaban J connectivity index is 3.54. The summed E-state index contributed by atoms with van der Waals surface area (Å²) in [6, 6.07) is 1.43. The van der Waals surface area contributed by atoms with E-state index in [1.54, 1.807) is 6.92 Å². The van der Waals surface area contributed by atoms with Crippen LogP contribution in [0.5, 0.6) is 5.75 Å². The first-order valence-corrected chi connectivity index (χ1v) is 6.63. The van der Waals surface area contributed by atoms with Crippen LogP contribution in [-0.2, 0) is 5.60 Å². The number of alkyl halides is 3.